The van der Waals surface area contributed by atoms with E-state index < -0.39 is 0 Å². The van der Waals surface area contributed by atoms with E-state index in [1.807, 2.05) is 0 Å². The van der Waals surface area contributed by atoms with Crippen molar-refractivity contribution in [2.75, 3.05) is 39.9 Å². The van der Waals surface area contributed by atoms with Crippen LogP contribution in [0.25, 0.3) is 6.08 Å². The molecule has 2 heterocycles. The molecule has 1 aliphatic carbocycles. The maximum Gasteiger partial charge on any atom is 0.261 e. The van der Waals surface area contributed by atoms with Gasteiger partial charge in [-0.2, -0.15) is 5.26 Å². The van der Waals surface area contributed by atoms with Gasteiger partial charge < -0.3 is 19.5 Å². The number of piperidine rings is 1. The molecule has 1 saturated carbocycles. The van der Waals surface area contributed by atoms with Gasteiger partial charge in [0.1, 0.15) is 11.6 Å². The summed E-state index contributed by atoms with van der Waals surface area (Å²) in [5.41, 5.74) is 3.56. The Balaban J connectivity index is 1.58. The van der Waals surface area contributed by atoms with E-state index in [1.54, 1.807) is 13.2 Å². The molecule has 6 nitrogen and oxygen atoms in total. The molecule has 0 bridgehead atoms. The van der Waals surface area contributed by atoms with Crippen LogP contribution in [0.2, 0.25) is 0 Å². The van der Waals surface area contributed by atoms with Crippen LogP contribution < -0.4 is 5.32 Å². The lowest BCUT2D eigenvalue weighted by Gasteiger charge is -2.31. The first-order chi connectivity index (χ1) is 15.0. The number of carbonyl (C=O) groups excluding carboxylic acids is 1. The van der Waals surface area contributed by atoms with Crippen molar-refractivity contribution >= 4 is 12.0 Å². The molecule has 1 aliphatic heterocycles. The minimum absolute atomic E-state index is 0.196. The highest BCUT2D eigenvalue weighted by atomic mass is 16.5. The average Bonchev–Trinajstić information content (AvgIpc) is 3.08. The molecule has 0 spiro atoms. The predicted molar refractivity (Wildman–Crippen MR) is 124 cm³/mol. The number of amides is 1. The Labute approximate surface area is 187 Å². The minimum Gasteiger partial charge on any atom is -0.383 e. The molecule has 0 aromatic carbocycles. The number of ether oxygens (including phenoxy) is 1. The minimum atomic E-state index is -0.258. The highest BCUT2D eigenvalue weighted by Crippen LogP contribution is 2.32. The van der Waals surface area contributed by atoms with Crippen LogP contribution in [0.5, 0.6) is 0 Å². The Bertz CT molecular complexity index is 806. The molecule has 2 aliphatic rings. The fourth-order valence-electron chi connectivity index (χ4n) is 5.12. The number of rotatable bonds is 8. The van der Waals surface area contributed by atoms with Crippen LogP contribution in [0.4, 0.5) is 0 Å². The SMILES string of the molecule is COCCN1CCC(CNC(=O)/C(C#N)=C/c2cc(C)n(C3CCCCC3)c2C)CC1. The molecule has 1 aromatic rings. The Hall–Kier alpha value is -2.10. The highest BCUT2D eigenvalue weighted by Gasteiger charge is 2.22. The number of hydrogen-bond acceptors (Lipinski definition) is 4. The number of carbonyl (C=O) groups is 1. The molecule has 0 radical (unpaired) electrons. The van der Waals surface area contributed by atoms with Gasteiger partial charge in [0.2, 0.25) is 0 Å². The van der Waals surface area contributed by atoms with Crippen molar-refractivity contribution in [1.29, 1.82) is 5.26 Å². The van der Waals surface area contributed by atoms with Crippen LogP contribution in [0.1, 0.15) is 67.9 Å². The van der Waals surface area contributed by atoms with Crippen LogP contribution in [-0.4, -0.2) is 55.3 Å². The Morgan fingerprint density at radius 2 is 1.94 bits per heavy atom. The quantitative estimate of drug-likeness (QED) is 0.504. The number of likely N-dealkylation sites (tertiary alicyclic amines) is 1. The summed E-state index contributed by atoms with van der Waals surface area (Å²) in [5.74, 6) is 0.214. The standard InChI is InChI=1S/C25H38N4O2/c1-19-15-22(20(2)29(19)24-7-5-4-6-8-24)16-23(17-26)25(30)27-18-21-9-11-28(12-10-21)13-14-31-3/h15-16,21,24H,4-14,18H2,1-3H3,(H,27,30)/b23-16+. The number of nitrogens with zero attached hydrogens (tertiary/aromatic N) is 3. The summed E-state index contributed by atoms with van der Waals surface area (Å²) >= 11 is 0. The van der Waals surface area contributed by atoms with Gasteiger partial charge in [-0.25, -0.2) is 0 Å². The molecule has 31 heavy (non-hydrogen) atoms. The molecule has 6 heteroatoms. The van der Waals surface area contributed by atoms with E-state index in [9.17, 15) is 10.1 Å². The summed E-state index contributed by atoms with van der Waals surface area (Å²) in [7, 11) is 1.73. The number of nitriles is 1. The highest BCUT2D eigenvalue weighted by molar-refractivity contribution is 6.01. The van der Waals surface area contributed by atoms with Crippen molar-refractivity contribution < 1.29 is 9.53 Å². The number of aromatic nitrogens is 1. The zero-order valence-electron chi connectivity index (χ0n) is 19.5. The maximum atomic E-state index is 12.7. The predicted octanol–water partition coefficient (Wildman–Crippen LogP) is 3.99. The number of aryl methyl sites for hydroxylation is 1. The van der Waals surface area contributed by atoms with Crippen molar-refractivity contribution in [3.8, 4) is 6.07 Å². The maximum absolute atomic E-state index is 12.7. The Morgan fingerprint density at radius 1 is 1.23 bits per heavy atom. The second-order valence-corrected chi connectivity index (χ2v) is 9.15. The van der Waals surface area contributed by atoms with Gasteiger partial charge in [0.25, 0.3) is 5.91 Å². The van der Waals surface area contributed by atoms with Gasteiger partial charge in [-0.15, -0.1) is 0 Å². The molecule has 2 fully saturated rings. The third kappa shape index (κ3) is 6.21. The van der Waals surface area contributed by atoms with E-state index in [1.165, 1.54) is 37.8 Å². The first kappa shape index (κ1) is 23.6. The summed E-state index contributed by atoms with van der Waals surface area (Å²) in [6.07, 6.45) is 10.2. The van der Waals surface area contributed by atoms with E-state index >= 15 is 0 Å². The van der Waals surface area contributed by atoms with Crippen molar-refractivity contribution in [3.63, 3.8) is 0 Å². The lowest BCUT2D eigenvalue weighted by atomic mass is 9.95. The average molecular weight is 427 g/mol. The molecule has 0 atom stereocenters. The molecule has 1 amide bonds. The molecular formula is C25H38N4O2. The first-order valence-corrected chi connectivity index (χ1v) is 11.8. The Morgan fingerprint density at radius 3 is 2.58 bits per heavy atom. The van der Waals surface area contributed by atoms with E-state index in [2.05, 4.69) is 40.8 Å². The Kier molecular flexibility index (Phi) is 8.74. The number of nitrogens with one attached hydrogen (secondary N) is 1. The molecule has 3 rings (SSSR count). The third-order valence-corrected chi connectivity index (χ3v) is 7.00. The van der Waals surface area contributed by atoms with E-state index in [0.29, 0.717) is 18.5 Å². The van der Waals surface area contributed by atoms with Gasteiger partial charge in [0, 0.05) is 37.6 Å². The van der Waals surface area contributed by atoms with Crippen molar-refractivity contribution in [2.24, 2.45) is 5.92 Å². The summed E-state index contributed by atoms with van der Waals surface area (Å²) in [6, 6.07) is 4.78. The molecule has 170 valence electrons. The topological polar surface area (TPSA) is 70.3 Å². The smallest absolute Gasteiger partial charge is 0.261 e. The summed E-state index contributed by atoms with van der Waals surface area (Å²) < 4.78 is 7.56. The van der Waals surface area contributed by atoms with Crippen LogP contribution in [0.15, 0.2) is 11.6 Å². The van der Waals surface area contributed by atoms with Gasteiger partial charge in [-0.05, 0) is 76.2 Å². The van der Waals surface area contributed by atoms with Gasteiger partial charge >= 0.3 is 0 Å². The number of methoxy groups -OCH3 is 1. The van der Waals surface area contributed by atoms with Crippen LogP contribution in [-0.2, 0) is 9.53 Å². The van der Waals surface area contributed by atoms with Gasteiger partial charge in [0.15, 0.2) is 0 Å². The molecule has 0 unspecified atom stereocenters. The molecular weight excluding hydrogens is 388 g/mol. The van der Waals surface area contributed by atoms with Gasteiger partial charge in [-0.3, -0.25) is 4.79 Å². The van der Waals surface area contributed by atoms with Gasteiger partial charge in [0.05, 0.1) is 6.61 Å². The fraction of sp³-hybridized carbons (Fsp3) is 0.680. The van der Waals surface area contributed by atoms with Crippen LogP contribution in [0, 0.1) is 31.1 Å². The van der Waals surface area contributed by atoms with Crippen LogP contribution >= 0.6 is 0 Å². The zero-order chi connectivity index (χ0) is 22.2. The zero-order valence-corrected chi connectivity index (χ0v) is 19.5. The summed E-state index contributed by atoms with van der Waals surface area (Å²) in [4.78, 5) is 15.1. The lowest BCUT2D eigenvalue weighted by Crippen LogP contribution is -2.40. The van der Waals surface area contributed by atoms with E-state index in [0.717, 1.165) is 50.3 Å². The largest absolute Gasteiger partial charge is 0.383 e. The monoisotopic (exact) mass is 426 g/mol. The molecule has 1 aromatic heterocycles. The summed E-state index contributed by atoms with van der Waals surface area (Å²) in [6.45, 7) is 8.68. The summed E-state index contributed by atoms with van der Waals surface area (Å²) in [5, 5.41) is 12.6. The molecule has 1 N–H and O–H groups in total. The second-order valence-electron chi connectivity index (χ2n) is 9.15. The van der Waals surface area contributed by atoms with Crippen molar-refractivity contribution in [1.82, 2.24) is 14.8 Å². The third-order valence-electron chi connectivity index (χ3n) is 7.00. The van der Waals surface area contributed by atoms with Crippen LogP contribution in [0.3, 0.4) is 0 Å². The molecule has 1 saturated heterocycles. The second kappa shape index (κ2) is 11.5. The lowest BCUT2D eigenvalue weighted by molar-refractivity contribution is -0.117. The van der Waals surface area contributed by atoms with Crippen molar-refractivity contribution in [2.45, 2.75) is 64.8 Å². The fourth-order valence-corrected chi connectivity index (χ4v) is 5.12. The van der Waals surface area contributed by atoms with Crippen molar-refractivity contribution in [3.05, 3.63) is 28.6 Å². The van der Waals surface area contributed by atoms with Gasteiger partial charge in [-0.1, -0.05) is 19.3 Å². The van der Waals surface area contributed by atoms with E-state index in [4.69, 9.17) is 4.74 Å². The normalized spacial score (nSPS) is 19.4. The van der Waals surface area contributed by atoms with E-state index in [-0.39, 0.29) is 11.5 Å². The number of hydrogen-bond donors (Lipinski definition) is 1. The first-order valence-electron chi connectivity index (χ1n) is 11.8.